The van der Waals surface area contributed by atoms with Crippen molar-refractivity contribution in [1.29, 1.82) is 0 Å². The number of aromatic carboxylic acids is 1. The third-order valence-corrected chi connectivity index (χ3v) is 3.63. The van der Waals surface area contributed by atoms with Gasteiger partial charge >= 0.3 is 12.0 Å². The molecule has 5 heteroatoms. The normalized spacial score (nSPS) is 19.6. The van der Waals surface area contributed by atoms with Crippen LogP contribution in [0.4, 0.5) is 10.5 Å². The predicted molar refractivity (Wildman–Crippen MR) is 72.5 cm³/mol. The molecule has 102 valence electrons. The molecule has 0 heterocycles. The van der Waals surface area contributed by atoms with E-state index in [-0.39, 0.29) is 23.1 Å². The van der Waals surface area contributed by atoms with Crippen molar-refractivity contribution in [2.45, 2.75) is 33.2 Å². The van der Waals surface area contributed by atoms with Crippen molar-refractivity contribution in [2.24, 2.45) is 5.41 Å². The van der Waals surface area contributed by atoms with Crippen molar-refractivity contribution in [3.05, 3.63) is 29.3 Å². The zero-order valence-corrected chi connectivity index (χ0v) is 11.3. The summed E-state index contributed by atoms with van der Waals surface area (Å²) in [7, 11) is 0. The number of rotatable bonds is 3. The number of benzene rings is 1. The Hall–Kier alpha value is -2.04. The minimum Gasteiger partial charge on any atom is -0.478 e. The molecule has 1 fully saturated rings. The Bertz CT molecular complexity index is 537. The molecule has 0 aliphatic heterocycles. The van der Waals surface area contributed by atoms with Gasteiger partial charge in [0.05, 0.1) is 5.56 Å². The summed E-state index contributed by atoms with van der Waals surface area (Å²) in [5.74, 6) is -0.995. The summed E-state index contributed by atoms with van der Waals surface area (Å²) >= 11 is 0. The lowest BCUT2D eigenvalue weighted by Crippen LogP contribution is -2.33. The summed E-state index contributed by atoms with van der Waals surface area (Å²) in [4.78, 5) is 22.8. The molecule has 0 aromatic heterocycles. The van der Waals surface area contributed by atoms with Crippen LogP contribution in [0.25, 0.3) is 0 Å². The molecule has 1 aromatic rings. The number of carboxylic acid groups (broad SMARTS) is 1. The fraction of sp³-hybridized carbons (Fsp3) is 0.429. The molecule has 2 amide bonds. The van der Waals surface area contributed by atoms with E-state index in [0.29, 0.717) is 11.3 Å². The number of hydrogen-bond donors (Lipinski definition) is 3. The van der Waals surface area contributed by atoms with Gasteiger partial charge in [-0.3, -0.25) is 0 Å². The molecule has 1 aromatic carbocycles. The maximum Gasteiger partial charge on any atom is 0.336 e. The van der Waals surface area contributed by atoms with Crippen LogP contribution in [0.5, 0.6) is 0 Å². The van der Waals surface area contributed by atoms with Crippen molar-refractivity contribution in [3.8, 4) is 0 Å². The number of nitrogens with one attached hydrogen (secondary N) is 2. The Morgan fingerprint density at radius 1 is 1.37 bits per heavy atom. The summed E-state index contributed by atoms with van der Waals surface area (Å²) < 4.78 is 0. The highest BCUT2D eigenvalue weighted by molar-refractivity contribution is 5.95. The Morgan fingerprint density at radius 3 is 2.53 bits per heavy atom. The molecule has 0 radical (unpaired) electrons. The number of anilines is 1. The Morgan fingerprint density at radius 2 is 2.00 bits per heavy atom. The van der Waals surface area contributed by atoms with Gasteiger partial charge in [0.2, 0.25) is 0 Å². The van der Waals surface area contributed by atoms with Crippen molar-refractivity contribution >= 4 is 17.7 Å². The lowest BCUT2D eigenvalue weighted by atomic mass is 10.1. The number of amides is 2. The molecule has 19 heavy (non-hydrogen) atoms. The van der Waals surface area contributed by atoms with E-state index in [0.717, 1.165) is 6.42 Å². The van der Waals surface area contributed by atoms with Gasteiger partial charge in [-0.05, 0) is 36.5 Å². The van der Waals surface area contributed by atoms with E-state index in [1.165, 1.54) is 6.07 Å². The molecule has 0 bridgehead atoms. The minimum atomic E-state index is -0.995. The first-order chi connectivity index (χ1) is 8.81. The van der Waals surface area contributed by atoms with Crippen LogP contribution >= 0.6 is 0 Å². The van der Waals surface area contributed by atoms with Gasteiger partial charge in [0.15, 0.2) is 0 Å². The smallest absolute Gasteiger partial charge is 0.336 e. The van der Waals surface area contributed by atoms with Gasteiger partial charge in [0.25, 0.3) is 0 Å². The Labute approximate surface area is 112 Å². The van der Waals surface area contributed by atoms with E-state index >= 15 is 0 Å². The first kappa shape index (κ1) is 13.4. The van der Waals surface area contributed by atoms with Crippen LogP contribution in [0.3, 0.4) is 0 Å². The first-order valence-electron chi connectivity index (χ1n) is 6.22. The van der Waals surface area contributed by atoms with Gasteiger partial charge < -0.3 is 15.7 Å². The predicted octanol–water partition coefficient (Wildman–Crippen LogP) is 2.61. The molecule has 5 nitrogen and oxygen atoms in total. The van der Waals surface area contributed by atoms with Crippen LogP contribution in [-0.4, -0.2) is 23.1 Å². The van der Waals surface area contributed by atoms with E-state index in [1.54, 1.807) is 19.1 Å². The standard InChI is InChI=1S/C14H18N2O3/c1-8-9(12(17)18)5-4-6-10(8)15-13(19)16-11-7-14(11,2)3/h4-6,11H,7H2,1-3H3,(H,17,18)(H2,15,16,19). The van der Waals surface area contributed by atoms with E-state index in [9.17, 15) is 9.59 Å². The number of carboxylic acids is 1. The molecule has 1 aliphatic rings. The lowest BCUT2D eigenvalue weighted by molar-refractivity contribution is 0.0696. The second-order valence-electron chi connectivity index (χ2n) is 5.63. The van der Waals surface area contributed by atoms with Crippen molar-refractivity contribution in [3.63, 3.8) is 0 Å². The van der Waals surface area contributed by atoms with Crippen LogP contribution < -0.4 is 10.6 Å². The topological polar surface area (TPSA) is 78.4 Å². The van der Waals surface area contributed by atoms with Gasteiger partial charge in [-0.15, -0.1) is 0 Å². The summed E-state index contributed by atoms with van der Waals surface area (Å²) in [5.41, 5.74) is 1.44. The minimum absolute atomic E-state index is 0.162. The second-order valence-corrected chi connectivity index (χ2v) is 5.63. The number of carbonyl (C=O) groups excluding carboxylic acids is 1. The van der Waals surface area contributed by atoms with E-state index in [1.807, 2.05) is 0 Å². The highest BCUT2D eigenvalue weighted by Gasteiger charge is 2.46. The average Bonchev–Trinajstić information content (AvgIpc) is 2.88. The number of carbonyl (C=O) groups is 2. The quantitative estimate of drug-likeness (QED) is 0.783. The molecule has 1 unspecified atom stereocenters. The molecular weight excluding hydrogens is 244 g/mol. The maximum atomic E-state index is 11.8. The van der Waals surface area contributed by atoms with Crippen molar-refractivity contribution < 1.29 is 14.7 Å². The summed E-state index contributed by atoms with van der Waals surface area (Å²) in [6.45, 7) is 5.86. The van der Waals surface area contributed by atoms with Crippen LogP contribution in [0.15, 0.2) is 18.2 Å². The van der Waals surface area contributed by atoms with Gasteiger partial charge in [-0.25, -0.2) is 9.59 Å². The van der Waals surface area contributed by atoms with Crippen LogP contribution in [0.2, 0.25) is 0 Å². The average molecular weight is 262 g/mol. The monoisotopic (exact) mass is 262 g/mol. The summed E-state index contributed by atoms with van der Waals surface area (Å²) in [6.07, 6.45) is 0.967. The first-order valence-corrected chi connectivity index (χ1v) is 6.22. The lowest BCUT2D eigenvalue weighted by Gasteiger charge is -2.12. The third-order valence-electron chi connectivity index (χ3n) is 3.63. The third kappa shape index (κ3) is 2.86. The summed E-state index contributed by atoms with van der Waals surface area (Å²) in [5, 5.41) is 14.6. The van der Waals surface area contributed by atoms with E-state index in [2.05, 4.69) is 24.5 Å². The van der Waals surface area contributed by atoms with Crippen molar-refractivity contribution in [1.82, 2.24) is 5.32 Å². The zero-order valence-electron chi connectivity index (χ0n) is 11.3. The van der Waals surface area contributed by atoms with Crippen LogP contribution in [0.1, 0.15) is 36.2 Å². The maximum absolute atomic E-state index is 11.8. The fourth-order valence-corrected chi connectivity index (χ4v) is 2.03. The molecule has 1 aliphatic carbocycles. The van der Waals surface area contributed by atoms with E-state index in [4.69, 9.17) is 5.11 Å². The SMILES string of the molecule is Cc1c(NC(=O)NC2CC2(C)C)cccc1C(=O)O. The molecule has 0 saturated heterocycles. The highest BCUT2D eigenvalue weighted by atomic mass is 16.4. The largest absolute Gasteiger partial charge is 0.478 e. The Kier molecular flexibility index (Phi) is 3.22. The summed E-state index contributed by atoms with van der Waals surface area (Å²) in [6, 6.07) is 4.73. The fourth-order valence-electron chi connectivity index (χ4n) is 2.03. The van der Waals surface area contributed by atoms with Gasteiger partial charge in [0.1, 0.15) is 0 Å². The molecule has 3 N–H and O–H groups in total. The van der Waals surface area contributed by atoms with Crippen LogP contribution in [0, 0.1) is 12.3 Å². The zero-order chi connectivity index (χ0) is 14.2. The van der Waals surface area contributed by atoms with E-state index < -0.39 is 5.97 Å². The molecule has 1 saturated carbocycles. The van der Waals surface area contributed by atoms with Gasteiger partial charge in [-0.1, -0.05) is 19.9 Å². The number of hydrogen-bond acceptors (Lipinski definition) is 2. The second kappa shape index (κ2) is 4.57. The van der Waals surface area contributed by atoms with Gasteiger partial charge in [-0.2, -0.15) is 0 Å². The Balaban J connectivity index is 2.05. The number of urea groups is 1. The van der Waals surface area contributed by atoms with Gasteiger partial charge in [0, 0.05) is 11.7 Å². The molecule has 2 rings (SSSR count). The molecule has 1 atom stereocenters. The van der Waals surface area contributed by atoms with Crippen LogP contribution in [-0.2, 0) is 0 Å². The molecule has 0 spiro atoms. The van der Waals surface area contributed by atoms with Crippen molar-refractivity contribution in [2.75, 3.05) is 5.32 Å². The molecular formula is C14H18N2O3. The highest BCUT2D eigenvalue weighted by Crippen LogP contribution is 2.44.